The Morgan fingerprint density at radius 3 is 3.09 bits per heavy atom. The molecule has 1 heterocycles. The van der Waals surface area contributed by atoms with Crippen LogP contribution in [0, 0.1) is 0 Å². The first kappa shape index (κ1) is 8.29. The third-order valence-electron chi connectivity index (χ3n) is 0.939. The highest BCUT2D eigenvalue weighted by Crippen LogP contribution is 2.16. The molecule has 1 rings (SSSR count). The molecule has 2 N–H and O–H groups in total. The van der Waals surface area contributed by atoms with E-state index in [2.05, 4.69) is 10.3 Å². The molecule has 0 saturated heterocycles. The molecular weight excluding hydrogens is 188 g/mol. The first-order chi connectivity index (χ1) is 5.18. The Balaban J connectivity index is 2.45. The molecular formula is C5H5ClN2O2S. The molecule has 4 nitrogen and oxygen atoms in total. The zero-order valence-electron chi connectivity index (χ0n) is 5.37. The summed E-state index contributed by atoms with van der Waals surface area (Å²) in [5.74, 6) is 0. The van der Waals surface area contributed by atoms with Crippen LogP contribution in [0.2, 0.25) is 4.47 Å². The molecule has 1 aromatic heterocycles. The minimum Gasteiger partial charge on any atom is -0.465 e. The second-order valence-electron chi connectivity index (χ2n) is 1.74. The third-order valence-corrected chi connectivity index (χ3v) is 2.05. The molecule has 0 atom stereocenters. The predicted octanol–water partition coefficient (Wildman–Crippen LogP) is 1.56. The summed E-state index contributed by atoms with van der Waals surface area (Å²) in [6.07, 6.45) is 0.498. The number of aromatic nitrogens is 1. The summed E-state index contributed by atoms with van der Waals surface area (Å²) in [4.78, 5) is 14.6. The van der Waals surface area contributed by atoms with Crippen molar-refractivity contribution in [1.82, 2.24) is 10.3 Å². The Labute approximate surface area is 71.8 Å². The van der Waals surface area contributed by atoms with E-state index in [1.165, 1.54) is 11.3 Å². The predicted molar refractivity (Wildman–Crippen MR) is 42.0 cm³/mol. The first-order valence-corrected chi connectivity index (χ1v) is 3.95. The van der Waals surface area contributed by atoms with Gasteiger partial charge in [-0.1, -0.05) is 11.6 Å². The van der Waals surface area contributed by atoms with Crippen LogP contribution in [-0.2, 0) is 6.54 Å². The van der Waals surface area contributed by atoms with Crippen molar-refractivity contribution in [3.05, 3.63) is 15.5 Å². The van der Waals surface area contributed by atoms with E-state index in [9.17, 15) is 4.79 Å². The van der Waals surface area contributed by atoms with E-state index < -0.39 is 6.09 Å². The summed E-state index contributed by atoms with van der Waals surface area (Å²) >= 11 is 6.77. The third kappa shape index (κ3) is 2.73. The topological polar surface area (TPSA) is 62.2 Å². The van der Waals surface area contributed by atoms with Crippen molar-refractivity contribution in [2.75, 3.05) is 0 Å². The van der Waals surface area contributed by atoms with Crippen LogP contribution in [-0.4, -0.2) is 16.2 Å². The van der Waals surface area contributed by atoms with Gasteiger partial charge in [0.25, 0.3) is 0 Å². The molecule has 0 unspecified atom stereocenters. The highest BCUT2D eigenvalue weighted by molar-refractivity contribution is 7.15. The van der Waals surface area contributed by atoms with Gasteiger partial charge in [0.15, 0.2) is 4.47 Å². The van der Waals surface area contributed by atoms with Gasteiger partial charge in [0.2, 0.25) is 0 Å². The Morgan fingerprint density at radius 1 is 1.91 bits per heavy atom. The van der Waals surface area contributed by atoms with Crippen molar-refractivity contribution in [3.8, 4) is 0 Å². The highest BCUT2D eigenvalue weighted by Gasteiger charge is 2.00. The number of hydrogen-bond acceptors (Lipinski definition) is 3. The lowest BCUT2D eigenvalue weighted by atomic mass is 10.5. The lowest BCUT2D eigenvalue weighted by Crippen LogP contribution is -2.19. The maximum Gasteiger partial charge on any atom is 0.404 e. The van der Waals surface area contributed by atoms with Gasteiger partial charge in [0.05, 0.1) is 6.54 Å². The van der Waals surface area contributed by atoms with E-state index >= 15 is 0 Å². The fraction of sp³-hybridized carbons (Fsp3) is 0.200. The standard InChI is InChI=1S/C5H5ClN2O2S/c6-4-7-1-3(11-4)2-8-5(9)10/h1,8H,2H2,(H,9,10). The van der Waals surface area contributed by atoms with Gasteiger partial charge in [0, 0.05) is 11.1 Å². The van der Waals surface area contributed by atoms with Crippen LogP contribution in [0.4, 0.5) is 4.79 Å². The lowest BCUT2D eigenvalue weighted by Gasteiger charge is -1.93. The van der Waals surface area contributed by atoms with Crippen molar-refractivity contribution in [1.29, 1.82) is 0 Å². The molecule has 0 aromatic carbocycles. The minimum atomic E-state index is -1.05. The Kier molecular flexibility index (Phi) is 2.67. The summed E-state index contributed by atoms with van der Waals surface area (Å²) in [6, 6.07) is 0. The normalized spacial score (nSPS) is 9.55. The largest absolute Gasteiger partial charge is 0.465 e. The number of amides is 1. The maximum atomic E-state index is 10.0. The van der Waals surface area contributed by atoms with Gasteiger partial charge in [-0.2, -0.15) is 0 Å². The van der Waals surface area contributed by atoms with Crippen LogP contribution in [0.3, 0.4) is 0 Å². The summed E-state index contributed by atoms with van der Waals surface area (Å²) in [7, 11) is 0. The summed E-state index contributed by atoms with van der Waals surface area (Å²) in [5.41, 5.74) is 0. The fourth-order valence-corrected chi connectivity index (χ4v) is 1.45. The average Bonchev–Trinajstić information content (AvgIpc) is 2.31. The lowest BCUT2D eigenvalue weighted by molar-refractivity contribution is 0.194. The average molecular weight is 193 g/mol. The molecule has 0 saturated carbocycles. The Morgan fingerprint density at radius 2 is 2.64 bits per heavy atom. The number of rotatable bonds is 2. The van der Waals surface area contributed by atoms with E-state index in [-0.39, 0.29) is 6.54 Å². The van der Waals surface area contributed by atoms with E-state index in [4.69, 9.17) is 16.7 Å². The fourth-order valence-electron chi connectivity index (χ4n) is 0.528. The molecule has 0 aliphatic heterocycles. The molecule has 0 bridgehead atoms. The maximum absolute atomic E-state index is 10.0. The molecule has 1 aromatic rings. The number of carbonyl (C=O) groups is 1. The van der Waals surface area contributed by atoms with Gasteiger partial charge in [-0.15, -0.1) is 11.3 Å². The number of nitrogens with one attached hydrogen (secondary N) is 1. The summed E-state index contributed by atoms with van der Waals surface area (Å²) < 4.78 is 0.423. The van der Waals surface area contributed by atoms with Crippen molar-refractivity contribution >= 4 is 29.0 Å². The number of nitrogens with zero attached hydrogens (tertiary/aromatic N) is 1. The quantitative estimate of drug-likeness (QED) is 0.748. The molecule has 0 spiro atoms. The van der Waals surface area contributed by atoms with Gasteiger partial charge < -0.3 is 10.4 Å². The van der Waals surface area contributed by atoms with E-state index in [0.29, 0.717) is 4.47 Å². The van der Waals surface area contributed by atoms with Crippen molar-refractivity contribution in [3.63, 3.8) is 0 Å². The zero-order chi connectivity index (χ0) is 8.27. The van der Waals surface area contributed by atoms with Crippen LogP contribution in [0.5, 0.6) is 0 Å². The minimum absolute atomic E-state index is 0.264. The van der Waals surface area contributed by atoms with Gasteiger partial charge in [0.1, 0.15) is 0 Å². The van der Waals surface area contributed by atoms with Crippen LogP contribution in [0.25, 0.3) is 0 Å². The molecule has 0 fully saturated rings. The smallest absolute Gasteiger partial charge is 0.404 e. The summed E-state index contributed by atoms with van der Waals surface area (Å²) in [6.45, 7) is 0.264. The van der Waals surface area contributed by atoms with Crippen molar-refractivity contribution in [2.24, 2.45) is 0 Å². The Hall–Kier alpha value is -0.810. The Bertz CT molecular complexity index is 263. The van der Waals surface area contributed by atoms with E-state index in [1.807, 2.05) is 0 Å². The van der Waals surface area contributed by atoms with E-state index in [1.54, 1.807) is 6.20 Å². The summed E-state index contributed by atoms with van der Waals surface area (Å²) in [5, 5.41) is 10.4. The molecule has 11 heavy (non-hydrogen) atoms. The second kappa shape index (κ2) is 3.54. The molecule has 0 aliphatic carbocycles. The molecule has 1 amide bonds. The number of halogens is 1. The monoisotopic (exact) mass is 192 g/mol. The van der Waals surface area contributed by atoms with Crippen LogP contribution in [0.15, 0.2) is 6.20 Å². The van der Waals surface area contributed by atoms with Gasteiger partial charge >= 0.3 is 6.09 Å². The number of thiazole rings is 1. The van der Waals surface area contributed by atoms with Crippen LogP contribution < -0.4 is 5.32 Å². The SMILES string of the molecule is O=C(O)NCc1cnc(Cl)s1. The van der Waals surface area contributed by atoms with Crippen LogP contribution >= 0.6 is 22.9 Å². The zero-order valence-corrected chi connectivity index (χ0v) is 6.95. The van der Waals surface area contributed by atoms with Gasteiger partial charge in [-0.05, 0) is 0 Å². The van der Waals surface area contributed by atoms with Crippen molar-refractivity contribution in [2.45, 2.75) is 6.54 Å². The highest BCUT2D eigenvalue weighted by atomic mass is 35.5. The number of hydrogen-bond donors (Lipinski definition) is 2. The molecule has 6 heteroatoms. The molecule has 0 radical (unpaired) electrons. The van der Waals surface area contributed by atoms with Gasteiger partial charge in [-0.25, -0.2) is 9.78 Å². The van der Waals surface area contributed by atoms with E-state index in [0.717, 1.165) is 4.88 Å². The van der Waals surface area contributed by atoms with Gasteiger partial charge in [-0.3, -0.25) is 0 Å². The molecule has 60 valence electrons. The second-order valence-corrected chi connectivity index (χ2v) is 3.44. The van der Waals surface area contributed by atoms with Crippen molar-refractivity contribution < 1.29 is 9.90 Å². The first-order valence-electron chi connectivity index (χ1n) is 2.75. The number of carboxylic acid groups (broad SMARTS) is 1. The van der Waals surface area contributed by atoms with Crippen LogP contribution in [0.1, 0.15) is 4.88 Å². The molecule has 0 aliphatic rings.